The smallest absolute Gasteiger partial charge is 0.356 e. The maximum Gasteiger partial charge on any atom is 0.356 e. The first-order valence-corrected chi connectivity index (χ1v) is 5.92. The van der Waals surface area contributed by atoms with Crippen LogP contribution in [-0.4, -0.2) is 24.6 Å². The molecule has 0 saturated carbocycles. The fourth-order valence-corrected chi connectivity index (χ4v) is 1.39. The van der Waals surface area contributed by atoms with Gasteiger partial charge in [-0.1, -0.05) is 20.8 Å². The van der Waals surface area contributed by atoms with E-state index in [4.69, 9.17) is 5.73 Å². The second-order valence-electron chi connectivity index (χ2n) is 5.36. The summed E-state index contributed by atoms with van der Waals surface area (Å²) in [6, 6.07) is 3.20. The van der Waals surface area contributed by atoms with Crippen LogP contribution in [0.5, 0.6) is 0 Å². The van der Waals surface area contributed by atoms with E-state index in [0.717, 1.165) is 13.0 Å². The molecular weight excluding hydrogens is 230 g/mol. The summed E-state index contributed by atoms with van der Waals surface area (Å²) in [5.41, 5.74) is 6.82. The highest BCUT2D eigenvalue weighted by Crippen LogP contribution is 2.20. The van der Waals surface area contributed by atoms with Gasteiger partial charge in [0.25, 0.3) is 0 Å². The summed E-state index contributed by atoms with van der Waals surface area (Å²) in [5, 5.41) is 3.14. The lowest BCUT2D eigenvalue weighted by atomic mass is 9.92. The zero-order valence-electron chi connectivity index (χ0n) is 11.4. The summed E-state index contributed by atoms with van der Waals surface area (Å²) < 4.78 is 4.62. The molecule has 0 fully saturated rings. The van der Waals surface area contributed by atoms with E-state index < -0.39 is 5.97 Å². The van der Waals surface area contributed by atoms with Crippen molar-refractivity contribution in [2.24, 2.45) is 5.41 Å². The minimum Gasteiger partial charge on any atom is -0.464 e. The van der Waals surface area contributed by atoms with Crippen molar-refractivity contribution < 1.29 is 9.53 Å². The van der Waals surface area contributed by atoms with Crippen LogP contribution in [-0.2, 0) is 4.74 Å². The van der Waals surface area contributed by atoms with Crippen molar-refractivity contribution in [3.8, 4) is 0 Å². The van der Waals surface area contributed by atoms with Gasteiger partial charge in [0.15, 0.2) is 5.69 Å². The molecule has 1 aromatic rings. The summed E-state index contributed by atoms with van der Waals surface area (Å²) in [7, 11) is 1.33. The van der Waals surface area contributed by atoms with Crippen LogP contribution in [0.3, 0.4) is 0 Å². The van der Waals surface area contributed by atoms with Crippen molar-refractivity contribution in [3.05, 3.63) is 17.8 Å². The predicted octanol–water partition coefficient (Wildman–Crippen LogP) is 2.30. The van der Waals surface area contributed by atoms with Crippen LogP contribution in [0.1, 0.15) is 37.7 Å². The Bertz CT molecular complexity index is 425. The number of nitrogens with one attached hydrogen (secondary N) is 1. The molecule has 0 aromatic carbocycles. The second kappa shape index (κ2) is 5.71. The summed E-state index contributed by atoms with van der Waals surface area (Å²) >= 11 is 0. The van der Waals surface area contributed by atoms with Gasteiger partial charge in [0.05, 0.1) is 12.8 Å². The number of nitrogens with two attached hydrogens (primary N) is 1. The number of aromatic nitrogens is 1. The van der Waals surface area contributed by atoms with E-state index in [0.29, 0.717) is 11.5 Å². The lowest BCUT2D eigenvalue weighted by molar-refractivity contribution is 0.0594. The van der Waals surface area contributed by atoms with Crippen LogP contribution < -0.4 is 11.1 Å². The molecule has 1 aromatic heterocycles. The van der Waals surface area contributed by atoms with E-state index >= 15 is 0 Å². The van der Waals surface area contributed by atoms with Gasteiger partial charge in [0.2, 0.25) is 0 Å². The number of pyridine rings is 1. The van der Waals surface area contributed by atoms with E-state index in [1.54, 1.807) is 12.1 Å². The summed E-state index contributed by atoms with van der Waals surface area (Å²) in [6.07, 6.45) is 0.983. The normalized spacial score (nSPS) is 11.1. The van der Waals surface area contributed by atoms with Crippen LogP contribution >= 0.6 is 0 Å². The van der Waals surface area contributed by atoms with Gasteiger partial charge in [0, 0.05) is 6.54 Å². The number of methoxy groups -OCH3 is 1. The Kier molecular flexibility index (Phi) is 4.53. The Labute approximate surface area is 108 Å². The number of carbonyl (C=O) groups excluding carboxylic acids is 1. The van der Waals surface area contributed by atoms with Crippen molar-refractivity contribution in [1.82, 2.24) is 4.98 Å². The van der Waals surface area contributed by atoms with Crippen molar-refractivity contribution in [2.45, 2.75) is 27.2 Å². The topological polar surface area (TPSA) is 77.2 Å². The van der Waals surface area contributed by atoms with Gasteiger partial charge in [-0.25, -0.2) is 9.78 Å². The molecule has 1 heterocycles. The number of nitrogens with zero attached hydrogens (tertiary/aromatic N) is 1. The van der Waals surface area contributed by atoms with E-state index in [1.165, 1.54) is 7.11 Å². The Hall–Kier alpha value is -1.78. The first-order valence-electron chi connectivity index (χ1n) is 5.92. The van der Waals surface area contributed by atoms with E-state index in [9.17, 15) is 4.79 Å². The van der Waals surface area contributed by atoms with Gasteiger partial charge in [-0.3, -0.25) is 0 Å². The average molecular weight is 251 g/mol. The number of nitrogen functional groups attached to an aromatic ring is 1. The molecule has 1 rings (SSSR count). The number of anilines is 2. The number of hydrogen-bond acceptors (Lipinski definition) is 5. The molecule has 100 valence electrons. The summed E-state index contributed by atoms with van der Waals surface area (Å²) in [4.78, 5) is 15.5. The first-order chi connectivity index (χ1) is 8.33. The number of ether oxygens (including phenoxy) is 1. The number of rotatable bonds is 4. The summed E-state index contributed by atoms with van der Waals surface area (Å²) in [5.74, 6) is 0.0658. The molecule has 0 saturated heterocycles. The summed E-state index contributed by atoms with van der Waals surface area (Å²) in [6.45, 7) is 7.24. The molecule has 5 heteroatoms. The van der Waals surface area contributed by atoms with Crippen LogP contribution in [0.25, 0.3) is 0 Å². The van der Waals surface area contributed by atoms with Gasteiger partial charge in [0.1, 0.15) is 5.82 Å². The molecule has 0 spiro atoms. The monoisotopic (exact) mass is 251 g/mol. The third-order valence-corrected chi connectivity index (χ3v) is 2.49. The van der Waals surface area contributed by atoms with Crippen molar-refractivity contribution >= 4 is 17.5 Å². The van der Waals surface area contributed by atoms with Crippen molar-refractivity contribution in [2.75, 3.05) is 24.7 Å². The number of carbonyl (C=O) groups is 1. The highest BCUT2D eigenvalue weighted by Gasteiger charge is 2.12. The number of esters is 1. The van der Waals surface area contributed by atoms with E-state index in [-0.39, 0.29) is 11.1 Å². The third kappa shape index (κ3) is 4.24. The molecule has 0 radical (unpaired) electrons. The lowest BCUT2D eigenvalue weighted by Gasteiger charge is -2.18. The minimum atomic E-state index is -0.464. The standard InChI is InChI=1S/C13H21N3O2/c1-13(2,3)7-8-15-11-9(14)5-6-10(16-11)12(17)18-4/h5-6H,7-8,14H2,1-4H3,(H,15,16). The van der Waals surface area contributed by atoms with Gasteiger partial charge in [-0.15, -0.1) is 0 Å². The molecule has 0 atom stereocenters. The van der Waals surface area contributed by atoms with Gasteiger partial charge < -0.3 is 15.8 Å². The second-order valence-corrected chi connectivity index (χ2v) is 5.36. The Morgan fingerprint density at radius 1 is 1.44 bits per heavy atom. The Morgan fingerprint density at radius 3 is 2.67 bits per heavy atom. The van der Waals surface area contributed by atoms with Crippen LogP contribution in [0, 0.1) is 5.41 Å². The van der Waals surface area contributed by atoms with Crippen LogP contribution in [0.15, 0.2) is 12.1 Å². The van der Waals surface area contributed by atoms with Crippen LogP contribution in [0.4, 0.5) is 11.5 Å². The molecule has 0 amide bonds. The highest BCUT2D eigenvalue weighted by molar-refractivity contribution is 5.88. The minimum absolute atomic E-state index is 0.238. The van der Waals surface area contributed by atoms with Crippen LogP contribution in [0.2, 0.25) is 0 Å². The molecule has 0 bridgehead atoms. The van der Waals surface area contributed by atoms with E-state index in [2.05, 4.69) is 35.8 Å². The predicted molar refractivity (Wildman–Crippen MR) is 72.6 cm³/mol. The van der Waals surface area contributed by atoms with E-state index in [1.807, 2.05) is 0 Å². The Morgan fingerprint density at radius 2 is 2.11 bits per heavy atom. The average Bonchev–Trinajstić information content (AvgIpc) is 2.29. The maximum absolute atomic E-state index is 11.4. The highest BCUT2D eigenvalue weighted by atomic mass is 16.5. The molecule has 3 N–H and O–H groups in total. The number of hydrogen-bond donors (Lipinski definition) is 2. The SMILES string of the molecule is COC(=O)c1ccc(N)c(NCCC(C)(C)C)n1. The largest absolute Gasteiger partial charge is 0.464 e. The molecule has 0 unspecified atom stereocenters. The molecule has 0 aliphatic heterocycles. The van der Waals surface area contributed by atoms with Crippen molar-refractivity contribution in [3.63, 3.8) is 0 Å². The zero-order valence-corrected chi connectivity index (χ0v) is 11.4. The maximum atomic E-state index is 11.4. The third-order valence-electron chi connectivity index (χ3n) is 2.49. The molecule has 5 nitrogen and oxygen atoms in total. The zero-order chi connectivity index (χ0) is 13.8. The van der Waals surface area contributed by atoms with Gasteiger partial charge in [-0.2, -0.15) is 0 Å². The Balaban J connectivity index is 2.73. The quantitative estimate of drug-likeness (QED) is 0.803. The first kappa shape index (κ1) is 14.3. The lowest BCUT2D eigenvalue weighted by Crippen LogP contribution is -2.15. The molecule has 0 aliphatic rings. The molecular formula is C13H21N3O2. The molecule has 0 aliphatic carbocycles. The van der Waals surface area contributed by atoms with Gasteiger partial charge in [-0.05, 0) is 24.0 Å². The van der Waals surface area contributed by atoms with Crippen molar-refractivity contribution in [1.29, 1.82) is 0 Å². The molecule has 18 heavy (non-hydrogen) atoms. The van der Waals surface area contributed by atoms with Gasteiger partial charge >= 0.3 is 5.97 Å². The fourth-order valence-electron chi connectivity index (χ4n) is 1.39. The fraction of sp³-hybridized carbons (Fsp3) is 0.538.